The van der Waals surface area contributed by atoms with E-state index in [9.17, 15) is 58.2 Å². The number of carbonyl (C=O) groups excluding carboxylic acids is 10. The van der Waals surface area contributed by atoms with Gasteiger partial charge in [0.2, 0.25) is 47.3 Å². The van der Waals surface area contributed by atoms with Crippen molar-refractivity contribution in [3.63, 3.8) is 0 Å². The van der Waals surface area contributed by atoms with Crippen molar-refractivity contribution < 1.29 is 71.9 Å². The van der Waals surface area contributed by atoms with Crippen LogP contribution in [-0.2, 0) is 65.5 Å². The number of aromatic amines is 2. The number of fused-ring (bicyclic) bond motifs is 2. The molecule has 25 heteroatoms. The molecule has 10 N–H and O–H groups in total. The van der Waals surface area contributed by atoms with Gasteiger partial charge < -0.3 is 75.6 Å². The normalized spacial score (nSPS) is 23.7. The number of aliphatic hydroxyl groups is 2. The Hall–Kier alpha value is -8.42. The van der Waals surface area contributed by atoms with Crippen LogP contribution in [0, 0.1) is 23.7 Å². The predicted octanol–water partition coefficient (Wildman–Crippen LogP) is 4.18. The van der Waals surface area contributed by atoms with Gasteiger partial charge in [0.25, 0.3) is 0 Å². The van der Waals surface area contributed by atoms with Gasteiger partial charge in [0.05, 0.1) is 91.2 Å². The molecule has 2 aromatic heterocycles. The lowest BCUT2D eigenvalue weighted by Gasteiger charge is -2.37. The molecule has 5 heterocycles. The molecule has 95 heavy (non-hydrogen) atoms. The number of nitrogens with one attached hydrogen (secondary N) is 8. The second kappa shape index (κ2) is 34.8. The Morgan fingerprint density at radius 3 is 1.37 bits per heavy atom. The molecule has 3 aliphatic rings. The Morgan fingerprint density at radius 1 is 0.579 bits per heavy atom. The highest BCUT2D eigenvalue weighted by atomic mass is 16.5. The standard InChI is InChI=1S/C36H52N6O7.C34H50N6O6/c1-23(2)33-35(47)40-29(12-8-9-13-42(5)14-16-49-17-15-42)34(46)38-22-32(45)39-30(18-24(3)43)31(44)20-25(36(48)41(33)4)19-26-21-37-28-11-7-6-10-27(26)28;1-21(2)31-33(45)38-27(14-10-11-15-40(5,6)7)32(44)36-20-30(43)37-28(16-22(3)41)29(42)18-23(34(46)39(31)4)17-24-19-35-26-13-9-8-12-25(24)26/h6-7,10-11,21,23,25,29-30,33,37H,3,8-9,12-20,22H2,1-2,4-5H3,(H3-,38,39,40,43,45,46,47);8-9,12-13,19,21,23,27-28,31,35H,3,10-11,14-18,20H2,1-2,4-7H3,(H3-,36,37,38,41,43,44,45)/p+2. The number of unbranched alkanes of at least 4 members (excludes halogenated alkanes) is 2. The zero-order valence-corrected chi connectivity index (χ0v) is 57.3. The van der Waals surface area contributed by atoms with Crippen molar-refractivity contribution in [2.75, 3.05) is 94.8 Å². The van der Waals surface area contributed by atoms with Crippen molar-refractivity contribution >= 4 is 80.6 Å². The summed E-state index contributed by atoms with van der Waals surface area (Å²) < 4.78 is 7.14. The van der Waals surface area contributed by atoms with E-state index in [-0.39, 0.29) is 61.9 Å². The number of nitrogens with zero attached hydrogens (tertiary/aromatic N) is 4. The Balaban J connectivity index is 0.000000301. The van der Waals surface area contributed by atoms with Crippen LogP contribution in [0.2, 0.25) is 0 Å². The summed E-state index contributed by atoms with van der Waals surface area (Å²) in [7, 11) is 11.5. The number of ether oxygens (including phenoxy) is 1. The third kappa shape index (κ3) is 22.3. The summed E-state index contributed by atoms with van der Waals surface area (Å²) in [6.07, 6.45) is 6.64. The second-order valence-corrected chi connectivity index (χ2v) is 27.9. The Bertz CT molecular complexity index is 3380. The molecular weight excluding hydrogens is 1220 g/mol. The average molecular weight is 1320 g/mol. The minimum absolute atomic E-state index is 0.193. The van der Waals surface area contributed by atoms with Gasteiger partial charge in [-0.15, -0.1) is 0 Å². The molecular formula is C70H104N12O13+2. The fourth-order valence-electron chi connectivity index (χ4n) is 13.0. The molecule has 3 aliphatic heterocycles. The van der Waals surface area contributed by atoms with Crippen LogP contribution in [0.4, 0.5) is 0 Å². The van der Waals surface area contributed by atoms with E-state index in [1.165, 1.54) is 9.80 Å². The highest BCUT2D eigenvalue weighted by Gasteiger charge is 2.40. The lowest BCUT2D eigenvalue weighted by Crippen LogP contribution is -2.57. The molecule has 4 aromatic rings. The van der Waals surface area contributed by atoms with Crippen molar-refractivity contribution in [2.24, 2.45) is 23.7 Å². The Kier molecular flexibility index (Phi) is 27.7. The van der Waals surface area contributed by atoms with Gasteiger partial charge in [-0.05, 0) is 86.5 Å². The van der Waals surface area contributed by atoms with Gasteiger partial charge in [0.15, 0.2) is 11.6 Å². The minimum Gasteiger partial charge on any atom is -0.513 e. The molecule has 8 amide bonds. The first-order valence-corrected chi connectivity index (χ1v) is 33.2. The molecule has 7 rings (SSSR count). The van der Waals surface area contributed by atoms with Gasteiger partial charge in [-0.3, -0.25) is 47.9 Å². The zero-order chi connectivity index (χ0) is 69.9. The summed E-state index contributed by atoms with van der Waals surface area (Å²) in [5.41, 5.74) is 3.42. The number of quaternary nitrogens is 2. The van der Waals surface area contributed by atoms with Crippen LogP contribution in [0.3, 0.4) is 0 Å². The van der Waals surface area contributed by atoms with E-state index in [0.29, 0.717) is 38.9 Å². The van der Waals surface area contributed by atoms with Crippen molar-refractivity contribution in [3.8, 4) is 0 Å². The minimum atomic E-state index is -1.17. The summed E-state index contributed by atoms with van der Waals surface area (Å²) in [5.74, 6) is -8.12. The van der Waals surface area contributed by atoms with Crippen LogP contribution in [0.15, 0.2) is 85.6 Å². The number of hydrogen-bond donors (Lipinski definition) is 10. The fraction of sp³-hybridized carbons (Fsp3) is 0.571. The quantitative estimate of drug-likeness (QED) is 0.0338. The molecule has 0 spiro atoms. The number of rotatable bonds is 20. The number of para-hydroxylation sites is 2. The monoisotopic (exact) mass is 1320 g/mol. The molecule has 520 valence electrons. The maximum Gasteiger partial charge on any atom is 0.243 e. The van der Waals surface area contributed by atoms with Crippen molar-refractivity contribution in [2.45, 2.75) is 141 Å². The van der Waals surface area contributed by atoms with E-state index in [1.807, 2.05) is 82.4 Å². The van der Waals surface area contributed by atoms with Crippen molar-refractivity contribution in [3.05, 3.63) is 96.7 Å². The number of morpholine rings is 1. The number of ketones is 2. The Labute approximate surface area is 558 Å². The molecule has 0 saturated carbocycles. The molecule has 0 bridgehead atoms. The van der Waals surface area contributed by atoms with Crippen LogP contribution in [0.25, 0.3) is 21.8 Å². The number of carbonyl (C=O) groups is 10. The number of benzene rings is 2. The van der Waals surface area contributed by atoms with Crippen LogP contribution in [0.1, 0.15) is 103 Å². The number of aliphatic hydroxyl groups excluding tert-OH is 2. The highest BCUT2D eigenvalue weighted by molar-refractivity contribution is 5.99. The van der Waals surface area contributed by atoms with Gasteiger partial charge >= 0.3 is 0 Å². The van der Waals surface area contributed by atoms with Gasteiger partial charge in [-0.1, -0.05) is 77.3 Å². The lowest BCUT2D eigenvalue weighted by atomic mass is 9.88. The van der Waals surface area contributed by atoms with Crippen LogP contribution in [0.5, 0.6) is 0 Å². The molecule has 0 aliphatic carbocycles. The van der Waals surface area contributed by atoms with Crippen LogP contribution >= 0.6 is 0 Å². The number of amides is 8. The molecule has 3 fully saturated rings. The molecule has 8 unspecified atom stereocenters. The van der Waals surface area contributed by atoms with Gasteiger partial charge in [0.1, 0.15) is 37.3 Å². The van der Waals surface area contributed by atoms with E-state index in [1.54, 1.807) is 20.3 Å². The molecule has 25 nitrogen and oxygen atoms in total. The predicted molar refractivity (Wildman–Crippen MR) is 362 cm³/mol. The van der Waals surface area contributed by atoms with E-state index in [0.717, 1.165) is 80.9 Å². The lowest BCUT2D eigenvalue weighted by molar-refractivity contribution is -0.917. The number of H-pyrrole nitrogens is 2. The number of hydrogen-bond acceptors (Lipinski definition) is 13. The summed E-state index contributed by atoms with van der Waals surface area (Å²) in [6.45, 7) is 18.5. The summed E-state index contributed by atoms with van der Waals surface area (Å²) in [5, 5.41) is 37.9. The number of aromatic nitrogens is 2. The molecule has 3 saturated heterocycles. The van der Waals surface area contributed by atoms with E-state index >= 15 is 0 Å². The van der Waals surface area contributed by atoms with E-state index in [4.69, 9.17) is 4.74 Å². The van der Waals surface area contributed by atoms with E-state index < -0.39 is 120 Å². The topological polar surface area (TPSA) is 331 Å². The fourth-order valence-corrected chi connectivity index (χ4v) is 13.0. The van der Waals surface area contributed by atoms with Gasteiger partial charge in [-0.2, -0.15) is 0 Å². The third-order valence-corrected chi connectivity index (χ3v) is 18.2. The largest absolute Gasteiger partial charge is 0.513 e. The SMILES string of the molecule is C=C(O)CC1NC(=O)CNC(=O)C(CCCC[N+](C)(C)C)NC(=O)C(C(C)C)N(C)C(=O)C(Cc2c[nH]c3ccccc23)CC1=O.C=C(O)CC1NC(=O)CNC(=O)C(CCCC[N+]2(C)CCOCC2)NC(=O)C(C(C)C)N(C)C(=O)C(Cc2c[nH]c3ccccc23)CC1=O. The maximum atomic E-state index is 14.3. The number of Topliss-reactive ketones (excluding diaryl/α,β-unsaturated/α-hetero) is 2. The number of likely N-dealkylation sites (N-methyl/N-ethyl adjacent to an activating group) is 3. The van der Waals surface area contributed by atoms with Crippen molar-refractivity contribution in [1.82, 2.24) is 51.7 Å². The second-order valence-electron chi connectivity index (χ2n) is 27.9. The van der Waals surface area contributed by atoms with Crippen LogP contribution < -0.4 is 31.9 Å². The average Bonchev–Trinajstić information content (AvgIpc) is 1.82. The molecule has 2 aromatic carbocycles. The molecule has 8 atom stereocenters. The summed E-state index contributed by atoms with van der Waals surface area (Å²) in [4.78, 5) is 146. The Morgan fingerprint density at radius 2 is 0.979 bits per heavy atom. The van der Waals surface area contributed by atoms with Crippen LogP contribution in [-0.4, -0.2) is 229 Å². The van der Waals surface area contributed by atoms with Gasteiger partial charge in [-0.25, -0.2) is 0 Å². The first kappa shape index (κ1) is 75.6. The maximum absolute atomic E-state index is 14.3. The van der Waals surface area contributed by atoms with E-state index in [2.05, 4.69) is 83.2 Å². The smallest absolute Gasteiger partial charge is 0.243 e. The zero-order valence-electron chi connectivity index (χ0n) is 57.3. The first-order valence-electron chi connectivity index (χ1n) is 33.2. The molecule has 0 radical (unpaired) electrons. The van der Waals surface area contributed by atoms with Gasteiger partial charge in [0, 0.05) is 85.8 Å². The summed E-state index contributed by atoms with van der Waals surface area (Å²) in [6, 6.07) is 9.21. The highest BCUT2D eigenvalue weighted by Crippen LogP contribution is 2.29. The van der Waals surface area contributed by atoms with Crippen molar-refractivity contribution in [1.29, 1.82) is 0 Å². The first-order chi connectivity index (χ1) is 44.8. The third-order valence-electron chi connectivity index (χ3n) is 18.2. The summed E-state index contributed by atoms with van der Waals surface area (Å²) >= 11 is 0.